The Morgan fingerprint density at radius 2 is 2.23 bits per heavy atom. The van der Waals surface area contributed by atoms with Gasteiger partial charge in [0.05, 0.1) is 4.92 Å². The summed E-state index contributed by atoms with van der Waals surface area (Å²) in [6, 6.07) is 5.11. The van der Waals surface area contributed by atoms with E-state index in [1.165, 1.54) is 6.07 Å². The number of nitro benzene ring substituents is 1. The predicted octanol–water partition coefficient (Wildman–Crippen LogP) is 2.20. The molecule has 1 rings (SSSR count). The molecular weight excluding hydrogens is 168 g/mol. The number of benzene rings is 1. The number of aryl methyl sites for hydroxylation is 1. The number of rotatable bonds is 3. The fourth-order valence-corrected chi connectivity index (χ4v) is 1.16. The van der Waals surface area contributed by atoms with Crippen LogP contribution in [0.25, 0.3) is 0 Å². The first-order valence-electron chi connectivity index (χ1n) is 4.14. The maximum absolute atomic E-state index is 10.5. The molecule has 0 atom stereocenters. The molecule has 0 radical (unpaired) electrons. The number of hydrogen-bond acceptors (Lipinski definition) is 3. The van der Waals surface area contributed by atoms with Crippen molar-refractivity contribution >= 4 is 11.4 Å². The first-order valence-corrected chi connectivity index (χ1v) is 4.14. The summed E-state index contributed by atoms with van der Waals surface area (Å²) in [6.07, 6.45) is 0.882. The molecule has 0 fully saturated rings. The van der Waals surface area contributed by atoms with Gasteiger partial charge in [-0.05, 0) is 18.1 Å². The largest absolute Gasteiger partial charge is 0.383 e. The number of nitrogens with one attached hydrogen (secondary N) is 1. The van der Waals surface area contributed by atoms with Gasteiger partial charge in [0, 0.05) is 13.1 Å². The van der Waals surface area contributed by atoms with Gasteiger partial charge in [-0.1, -0.05) is 13.0 Å². The number of anilines is 1. The van der Waals surface area contributed by atoms with E-state index in [2.05, 4.69) is 5.32 Å². The van der Waals surface area contributed by atoms with Gasteiger partial charge in [0.15, 0.2) is 0 Å². The molecule has 0 aliphatic carbocycles. The maximum Gasteiger partial charge on any atom is 0.292 e. The molecule has 0 saturated carbocycles. The van der Waals surface area contributed by atoms with Gasteiger partial charge in [0.25, 0.3) is 5.69 Å². The maximum atomic E-state index is 10.5. The van der Waals surface area contributed by atoms with Gasteiger partial charge < -0.3 is 5.32 Å². The van der Waals surface area contributed by atoms with Crippen molar-refractivity contribution in [3.63, 3.8) is 0 Å². The third kappa shape index (κ3) is 1.96. The highest BCUT2D eigenvalue weighted by molar-refractivity contribution is 5.62. The smallest absolute Gasteiger partial charge is 0.292 e. The zero-order valence-corrected chi connectivity index (χ0v) is 7.70. The summed E-state index contributed by atoms with van der Waals surface area (Å²) < 4.78 is 0. The fourth-order valence-electron chi connectivity index (χ4n) is 1.16. The van der Waals surface area contributed by atoms with Crippen molar-refractivity contribution < 1.29 is 4.92 Å². The Kier molecular flexibility index (Phi) is 2.84. The highest BCUT2D eigenvalue weighted by atomic mass is 16.6. The number of hydrogen-bond donors (Lipinski definition) is 1. The summed E-state index contributed by atoms with van der Waals surface area (Å²) in [6.45, 7) is 2.01. The van der Waals surface area contributed by atoms with Crippen LogP contribution in [0.4, 0.5) is 11.4 Å². The van der Waals surface area contributed by atoms with E-state index in [9.17, 15) is 10.1 Å². The van der Waals surface area contributed by atoms with Crippen LogP contribution in [0.2, 0.25) is 0 Å². The molecule has 0 bridgehead atoms. The standard InChI is InChI=1S/C9H12N2O2/c1-3-7-4-5-9(11(12)13)8(6-7)10-2/h4-6,10H,3H2,1-2H3. The van der Waals surface area contributed by atoms with E-state index in [-0.39, 0.29) is 10.6 Å². The highest BCUT2D eigenvalue weighted by Gasteiger charge is 2.11. The molecule has 0 aromatic heterocycles. The van der Waals surface area contributed by atoms with Gasteiger partial charge in [-0.15, -0.1) is 0 Å². The SMILES string of the molecule is CCc1ccc([N+](=O)[O-])c(NC)c1. The zero-order chi connectivity index (χ0) is 9.84. The Morgan fingerprint density at radius 3 is 2.69 bits per heavy atom. The Labute approximate surface area is 76.7 Å². The Balaban J connectivity index is 3.15. The second-order valence-electron chi connectivity index (χ2n) is 2.71. The highest BCUT2D eigenvalue weighted by Crippen LogP contribution is 2.24. The third-order valence-electron chi connectivity index (χ3n) is 1.94. The van der Waals surface area contributed by atoms with Crippen molar-refractivity contribution in [1.82, 2.24) is 0 Å². The minimum absolute atomic E-state index is 0.125. The van der Waals surface area contributed by atoms with Gasteiger partial charge >= 0.3 is 0 Å². The summed E-state index contributed by atoms with van der Waals surface area (Å²) in [5.74, 6) is 0. The van der Waals surface area contributed by atoms with Gasteiger partial charge in [-0.2, -0.15) is 0 Å². The minimum atomic E-state index is -0.384. The van der Waals surface area contributed by atoms with Crippen molar-refractivity contribution in [2.24, 2.45) is 0 Å². The van der Waals surface area contributed by atoms with Crippen molar-refractivity contribution in [3.8, 4) is 0 Å². The van der Waals surface area contributed by atoms with E-state index < -0.39 is 0 Å². The van der Waals surface area contributed by atoms with Crippen molar-refractivity contribution in [2.45, 2.75) is 13.3 Å². The van der Waals surface area contributed by atoms with E-state index in [0.29, 0.717) is 5.69 Å². The molecule has 1 aromatic rings. The van der Waals surface area contributed by atoms with Gasteiger partial charge in [0.1, 0.15) is 5.69 Å². The van der Waals surface area contributed by atoms with Crippen LogP contribution in [0.5, 0.6) is 0 Å². The summed E-state index contributed by atoms with van der Waals surface area (Å²) in [7, 11) is 1.68. The second-order valence-corrected chi connectivity index (χ2v) is 2.71. The Bertz CT molecular complexity index is 323. The summed E-state index contributed by atoms with van der Waals surface area (Å²) in [5.41, 5.74) is 1.79. The average Bonchev–Trinajstić information content (AvgIpc) is 2.16. The predicted molar refractivity (Wildman–Crippen MR) is 52.0 cm³/mol. The molecule has 0 aliphatic heterocycles. The van der Waals surface area contributed by atoms with Gasteiger partial charge in [-0.3, -0.25) is 10.1 Å². The van der Waals surface area contributed by atoms with Crippen molar-refractivity contribution in [3.05, 3.63) is 33.9 Å². The van der Waals surface area contributed by atoms with Crippen LogP contribution in [0.15, 0.2) is 18.2 Å². The minimum Gasteiger partial charge on any atom is -0.383 e. The molecule has 1 aromatic carbocycles. The quantitative estimate of drug-likeness (QED) is 0.573. The topological polar surface area (TPSA) is 55.2 Å². The summed E-state index contributed by atoms with van der Waals surface area (Å²) in [5, 5.41) is 13.4. The van der Waals surface area contributed by atoms with E-state index in [0.717, 1.165) is 12.0 Å². The number of nitro groups is 1. The lowest BCUT2D eigenvalue weighted by atomic mass is 10.1. The lowest BCUT2D eigenvalue weighted by molar-refractivity contribution is -0.383. The molecule has 0 saturated heterocycles. The van der Waals surface area contributed by atoms with Crippen molar-refractivity contribution in [1.29, 1.82) is 0 Å². The first kappa shape index (κ1) is 9.51. The Hall–Kier alpha value is -1.58. The summed E-state index contributed by atoms with van der Waals surface area (Å²) >= 11 is 0. The van der Waals surface area contributed by atoms with Crippen LogP contribution >= 0.6 is 0 Å². The Morgan fingerprint density at radius 1 is 1.54 bits per heavy atom. The van der Waals surface area contributed by atoms with Crippen LogP contribution in [-0.4, -0.2) is 12.0 Å². The molecule has 0 heterocycles. The van der Waals surface area contributed by atoms with Gasteiger partial charge in [0.2, 0.25) is 0 Å². The van der Waals surface area contributed by atoms with E-state index in [4.69, 9.17) is 0 Å². The molecule has 0 unspecified atom stereocenters. The normalized spacial score (nSPS) is 9.69. The van der Waals surface area contributed by atoms with Crippen LogP contribution in [-0.2, 0) is 6.42 Å². The van der Waals surface area contributed by atoms with Crippen LogP contribution < -0.4 is 5.32 Å². The second kappa shape index (κ2) is 3.89. The summed E-state index contributed by atoms with van der Waals surface area (Å²) in [4.78, 5) is 10.2. The zero-order valence-electron chi connectivity index (χ0n) is 7.70. The van der Waals surface area contributed by atoms with E-state index in [1.54, 1.807) is 19.2 Å². The number of nitrogens with zero attached hydrogens (tertiary/aromatic N) is 1. The molecular formula is C9H12N2O2. The first-order chi connectivity index (χ1) is 6.19. The fraction of sp³-hybridized carbons (Fsp3) is 0.333. The van der Waals surface area contributed by atoms with Crippen LogP contribution in [0.1, 0.15) is 12.5 Å². The molecule has 0 amide bonds. The molecule has 4 nitrogen and oxygen atoms in total. The lowest BCUT2D eigenvalue weighted by Crippen LogP contribution is -1.97. The molecule has 0 spiro atoms. The monoisotopic (exact) mass is 180 g/mol. The van der Waals surface area contributed by atoms with Crippen LogP contribution in [0.3, 0.4) is 0 Å². The molecule has 4 heteroatoms. The van der Waals surface area contributed by atoms with Crippen molar-refractivity contribution in [2.75, 3.05) is 12.4 Å². The lowest BCUT2D eigenvalue weighted by Gasteiger charge is -2.03. The third-order valence-corrected chi connectivity index (χ3v) is 1.94. The molecule has 70 valence electrons. The van der Waals surface area contributed by atoms with Gasteiger partial charge in [-0.25, -0.2) is 0 Å². The van der Waals surface area contributed by atoms with E-state index >= 15 is 0 Å². The molecule has 1 N–H and O–H groups in total. The average molecular weight is 180 g/mol. The molecule has 13 heavy (non-hydrogen) atoms. The van der Waals surface area contributed by atoms with E-state index in [1.807, 2.05) is 6.92 Å². The van der Waals surface area contributed by atoms with Crippen LogP contribution in [0, 0.1) is 10.1 Å². The molecule has 0 aliphatic rings.